The fraction of sp³-hybridized carbons (Fsp3) is 0.310. The molecule has 4 aliphatic heterocycles. The van der Waals surface area contributed by atoms with E-state index in [-0.39, 0.29) is 34.9 Å². The first-order valence-electron chi connectivity index (χ1n) is 13.5. The number of fused-ring (bicyclic) bond motifs is 1. The van der Waals surface area contributed by atoms with Crippen LogP contribution in [0.15, 0.2) is 71.5 Å². The number of morpholine rings is 1. The van der Waals surface area contributed by atoms with Gasteiger partial charge in [-0.1, -0.05) is 36.4 Å². The van der Waals surface area contributed by atoms with Crippen LogP contribution in [0, 0.1) is 0 Å². The van der Waals surface area contributed by atoms with Crippen LogP contribution in [-0.4, -0.2) is 84.5 Å². The molecule has 0 unspecified atom stereocenters. The summed E-state index contributed by atoms with van der Waals surface area (Å²) in [5.74, 6) is 0.544. The summed E-state index contributed by atoms with van der Waals surface area (Å²) in [7, 11) is 0. The van der Waals surface area contributed by atoms with Crippen LogP contribution < -0.4 is 21.3 Å². The number of pyridine rings is 1. The van der Waals surface area contributed by atoms with Gasteiger partial charge in [0.15, 0.2) is 0 Å². The van der Waals surface area contributed by atoms with Crippen molar-refractivity contribution in [1.82, 2.24) is 30.7 Å². The highest BCUT2D eigenvalue weighted by Gasteiger charge is 2.30. The predicted octanol–water partition coefficient (Wildman–Crippen LogP) is 1.92. The van der Waals surface area contributed by atoms with E-state index in [0.29, 0.717) is 25.4 Å². The van der Waals surface area contributed by atoms with Crippen molar-refractivity contribution in [3.63, 3.8) is 0 Å². The van der Waals surface area contributed by atoms with Crippen molar-refractivity contribution in [3.8, 4) is 0 Å². The normalized spacial score (nSPS) is 20.4. The van der Waals surface area contributed by atoms with Crippen molar-refractivity contribution in [2.75, 3.05) is 44.7 Å². The average molecular weight is 575 g/mol. The summed E-state index contributed by atoms with van der Waals surface area (Å²) < 4.78 is 5.49. The monoisotopic (exact) mass is 574 g/mol. The highest BCUT2D eigenvalue weighted by molar-refractivity contribution is 6.30. The number of nitrogens with zero attached hydrogens (tertiary/aromatic N) is 4. The number of carbonyl (C=O) groups excluding carboxylic acids is 2. The van der Waals surface area contributed by atoms with Gasteiger partial charge in [0, 0.05) is 55.2 Å². The average Bonchev–Trinajstić information content (AvgIpc) is 3.42. The number of nitrogens with one attached hydrogen (secondary N) is 4. The number of aliphatic imine (C=N–C) groups is 1. The number of benzene rings is 1. The maximum absolute atomic E-state index is 12.9. The first-order valence-corrected chi connectivity index (χ1v) is 13.9. The van der Waals surface area contributed by atoms with Gasteiger partial charge in [0.1, 0.15) is 22.8 Å². The molecule has 1 aromatic carbocycles. The van der Waals surface area contributed by atoms with Crippen LogP contribution in [0.2, 0.25) is 5.15 Å². The Morgan fingerprint density at radius 2 is 1.93 bits per heavy atom. The second-order valence-electron chi connectivity index (χ2n) is 10.2. The van der Waals surface area contributed by atoms with Gasteiger partial charge >= 0.3 is 0 Å². The van der Waals surface area contributed by atoms with Gasteiger partial charge < -0.3 is 30.9 Å². The maximum Gasteiger partial charge on any atom is 0.274 e. The molecule has 12 heteroatoms. The highest BCUT2D eigenvalue weighted by Crippen LogP contribution is 2.29. The van der Waals surface area contributed by atoms with Crippen LogP contribution in [0.3, 0.4) is 0 Å². The first kappa shape index (κ1) is 27.0. The molecule has 11 nitrogen and oxygen atoms in total. The van der Waals surface area contributed by atoms with Crippen molar-refractivity contribution in [1.29, 1.82) is 0 Å². The Hall–Kier alpha value is -4.19. The fourth-order valence-electron chi connectivity index (χ4n) is 5.23. The molecule has 2 aromatic rings. The van der Waals surface area contributed by atoms with Gasteiger partial charge in [-0.3, -0.25) is 14.5 Å². The number of likely N-dealkylation sites (tertiary alicyclic amines) is 1. The smallest absolute Gasteiger partial charge is 0.274 e. The van der Waals surface area contributed by atoms with Gasteiger partial charge in [-0.05, 0) is 35.9 Å². The summed E-state index contributed by atoms with van der Waals surface area (Å²) in [6.07, 6.45) is 4.99. The molecule has 2 saturated heterocycles. The predicted molar refractivity (Wildman–Crippen MR) is 157 cm³/mol. The third-order valence-electron chi connectivity index (χ3n) is 7.41. The summed E-state index contributed by atoms with van der Waals surface area (Å²) in [5, 5.41) is 12.8. The number of hydrogen-bond acceptors (Lipinski definition) is 9. The fourth-order valence-corrected chi connectivity index (χ4v) is 5.44. The molecule has 6 rings (SSSR count). The van der Waals surface area contributed by atoms with Crippen LogP contribution in [0.25, 0.3) is 5.70 Å². The molecular formula is C29H31ClN8O3. The highest BCUT2D eigenvalue weighted by atomic mass is 35.5. The molecule has 1 atom stereocenters. The van der Waals surface area contributed by atoms with Gasteiger partial charge in [0.2, 0.25) is 5.91 Å². The standard InChI is InChI=1S/C29H31ClN8O3/c1-2-25(39)33-21-15-37(16-21)14-19-5-8-23(35-26(19)30)29(40)34-20-6-3-18(4-7-20)24-13-22-27(36-24)31-17-32-28(22)38-9-11-41-12-10-38/h2-8,13,17,21,27,36H,1,9-12,14-16H2,(H,31,32)(H,33,39)(H,34,40)/t27-/m1/s1. The maximum atomic E-state index is 12.9. The van der Waals surface area contributed by atoms with E-state index in [4.69, 9.17) is 16.3 Å². The zero-order valence-corrected chi connectivity index (χ0v) is 23.2. The lowest BCUT2D eigenvalue weighted by atomic mass is 10.1. The Labute approximate surface area is 243 Å². The van der Waals surface area contributed by atoms with Gasteiger partial charge in [-0.15, -0.1) is 0 Å². The summed E-state index contributed by atoms with van der Waals surface area (Å²) in [6.45, 7) is 8.59. The van der Waals surface area contributed by atoms with E-state index in [1.165, 1.54) is 6.08 Å². The number of rotatable bonds is 8. The minimum Gasteiger partial charge on any atom is -0.378 e. The minimum absolute atomic E-state index is 0.101. The van der Waals surface area contributed by atoms with Crippen molar-refractivity contribution in [2.24, 2.45) is 4.99 Å². The van der Waals surface area contributed by atoms with Crippen LogP contribution in [0.5, 0.6) is 0 Å². The van der Waals surface area contributed by atoms with E-state index < -0.39 is 0 Å². The molecule has 0 radical (unpaired) electrons. The summed E-state index contributed by atoms with van der Waals surface area (Å²) in [5.41, 5.74) is 4.77. The SMILES string of the molecule is C=CC(=O)NC1CN(Cc2ccc(C(=O)Nc3ccc(C4=CC5=C(N6CCOCC6)NC=N[C@@H]5N4)cc3)nc2Cl)C1. The van der Waals surface area contributed by atoms with E-state index >= 15 is 0 Å². The van der Waals surface area contributed by atoms with Gasteiger partial charge in [0.05, 0.1) is 25.6 Å². The van der Waals surface area contributed by atoms with Crippen molar-refractivity contribution >= 4 is 41.1 Å². The number of ether oxygens (including phenoxy) is 1. The second-order valence-corrected chi connectivity index (χ2v) is 10.6. The zero-order chi connectivity index (χ0) is 28.3. The third kappa shape index (κ3) is 5.97. The van der Waals surface area contributed by atoms with Crippen LogP contribution in [0.1, 0.15) is 21.6 Å². The Bertz CT molecular complexity index is 1440. The van der Waals surface area contributed by atoms with Crippen molar-refractivity contribution in [3.05, 3.63) is 88.5 Å². The molecule has 4 N–H and O–H groups in total. The van der Waals surface area contributed by atoms with Crippen molar-refractivity contribution < 1.29 is 14.3 Å². The molecule has 0 saturated carbocycles. The third-order valence-corrected chi connectivity index (χ3v) is 7.73. The van der Waals surface area contributed by atoms with Crippen LogP contribution in [-0.2, 0) is 16.1 Å². The minimum atomic E-state index is -0.340. The summed E-state index contributed by atoms with van der Waals surface area (Å²) in [4.78, 5) is 37.6. The molecule has 4 aliphatic rings. The lowest BCUT2D eigenvalue weighted by Crippen LogP contribution is -2.58. The molecule has 2 amide bonds. The zero-order valence-electron chi connectivity index (χ0n) is 22.4. The van der Waals surface area contributed by atoms with Gasteiger partial charge in [0.25, 0.3) is 5.91 Å². The molecule has 0 aliphatic carbocycles. The number of amides is 2. The Balaban J connectivity index is 1.06. The van der Waals surface area contributed by atoms with Gasteiger partial charge in [-0.25, -0.2) is 9.98 Å². The quantitative estimate of drug-likeness (QED) is 0.279. The Kier molecular flexibility index (Phi) is 7.73. The van der Waals surface area contributed by atoms with Gasteiger partial charge in [-0.2, -0.15) is 0 Å². The number of hydrogen-bond donors (Lipinski definition) is 4. The van der Waals surface area contributed by atoms with Crippen LogP contribution >= 0.6 is 11.6 Å². The van der Waals surface area contributed by atoms with E-state index in [1.807, 2.05) is 30.3 Å². The number of aromatic nitrogens is 1. The summed E-state index contributed by atoms with van der Waals surface area (Å²) in [6, 6.07) is 11.2. The topological polar surface area (TPSA) is 123 Å². The first-order chi connectivity index (χ1) is 20.0. The molecular weight excluding hydrogens is 544 g/mol. The lowest BCUT2D eigenvalue weighted by Gasteiger charge is -2.39. The molecule has 2 fully saturated rings. The molecule has 0 spiro atoms. The van der Waals surface area contributed by atoms with E-state index in [1.54, 1.807) is 12.4 Å². The van der Waals surface area contributed by atoms with Crippen LogP contribution in [0.4, 0.5) is 5.69 Å². The number of halogens is 1. The molecule has 1 aromatic heterocycles. The Morgan fingerprint density at radius 3 is 2.66 bits per heavy atom. The number of carbonyl (C=O) groups is 2. The molecule has 212 valence electrons. The number of anilines is 1. The molecule has 5 heterocycles. The second kappa shape index (κ2) is 11.7. The Morgan fingerprint density at radius 1 is 1.15 bits per heavy atom. The molecule has 0 bridgehead atoms. The largest absolute Gasteiger partial charge is 0.378 e. The van der Waals surface area contributed by atoms with E-state index in [0.717, 1.165) is 54.4 Å². The van der Waals surface area contributed by atoms with E-state index in [2.05, 4.69) is 53.7 Å². The molecule has 41 heavy (non-hydrogen) atoms. The lowest BCUT2D eigenvalue weighted by molar-refractivity contribution is -0.118. The van der Waals surface area contributed by atoms with Crippen molar-refractivity contribution in [2.45, 2.75) is 18.8 Å². The summed E-state index contributed by atoms with van der Waals surface area (Å²) >= 11 is 6.41. The van der Waals surface area contributed by atoms with E-state index in [9.17, 15) is 9.59 Å².